The van der Waals surface area contributed by atoms with Crippen molar-refractivity contribution in [2.45, 2.75) is 51.0 Å². The summed E-state index contributed by atoms with van der Waals surface area (Å²) in [7, 11) is 0. The van der Waals surface area contributed by atoms with E-state index in [2.05, 4.69) is 18.3 Å². The normalized spacial score (nSPS) is 31.6. The van der Waals surface area contributed by atoms with Crippen LogP contribution in [0.4, 0.5) is 4.79 Å². The Morgan fingerprint density at radius 3 is 3.00 bits per heavy atom. The van der Waals surface area contributed by atoms with Crippen molar-refractivity contribution in [3.8, 4) is 6.07 Å². The largest absolute Gasteiger partial charge is 0.325 e. The minimum absolute atomic E-state index is 0.143. The first-order valence-corrected chi connectivity index (χ1v) is 6.60. The Morgan fingerprint density at radius 1 is 1.56 bits per heavy atom. The second-order valence-electron chi connectivity index (χ2n) is 5.41. The average Bonchev–Trinajstić information content (AvgIpc) is 2.53. The van der Waals surface area contributed by atoms with Gasteiger partial charge in [-0.25, -0.2) is 4.79 Å². The molecule has 0 aromatic carbocycles. The fraction of sp³-hybridized carbons (Fsp3) is 0.769. The van der Waals surface area contributed by atoms with Gasteiger partial charge in [0.1, 0.15) is 5.54 Å². The molecule has 5 nitrogen and oxygen atoms in total. The molecule has 98 valence electrons. The first kappa shape index (κ1) is 12.9. The van der Waals surface area contributed by atoms with Crippen LogP contribution in [0.3, 0.4) is 0 Å². The van der Waals surface area contributed by atoms with E-state index in [0.29, 0.717) is 25.3 Å². The number of carbonyl (C=O) groups excluding carboxylic acids is 2. The van der Waals surface area contributed by atoms with Crippen LogP contribution in [-0.2, 0) is 4.79 Å². The van der Waals surface area contributed by atoms with E-state index >= 15 is 0 Å². The van der Waals surface area contributed by atoms with Crippen LogP contribution in [-0.4, -0.2) is 28.9 Å². The third-order valence-electron chi connectivity index (χ3n) is 4.05. The van der Waals surface area contributed by atoms with Gasteiger partial charge in [0.05, 0.1) is 6.07 Å². The molecule has 1 saturated carbocycles. The summed E-state index contributed by atoms with van der Waals surface area (Å²) < 4.78 is 0. The Labute approximate surface area is 107 Å². The van der Waals surface area contributed by atoms with Crippen molar-refractivity contribution < 1.29 is 9.59 Å². The first-order chi connectivity index (χ1) is 8.60. The highest BCUT2D eigenvalue weighted by Crippen LogP contribution is 2.39. The molecule has 1 spiro atoms. The number of urea groups is 1. The van der Waals surface area contributed by atoms with Crippen molar-refractivity contribution in [2.24, 2.45) is 5.92 Å². The van der Waals surface area contributed by atoms with Gasteiger partial charge in [0, 0.05) is 13.0 Å². The molecule has 1 aliphatic heterocycles. The number of hydrogen-bond acceptors (Lipinski definition) is 3. The van der Waals surface area contributed by atoms with Crippen LogP contribution in [0.2, 0.25) is 0 Å². The molecule has 5 heteroatoms. The molecule has 0 aromatic rings. The van der Waals surface area contributed by atoms with Gasteiger partial charge in [0.15, 0.2) is 0 Å². The third kappa shape index (κ3) is 2.07. The van der Waals surface area contributed by atoms with E-state index in [1.54, 1.807) is 4.90 Å². The Hall–Kier alpha value is -1.57. The van der Waals surface area contributed by atoms with Gasteiger partial charge in [-0.1, -0.05) is 19.8 Å². The molecule has 1 N–H and O–H groups in total. The third-order valence-corrected chi connectivity index (χ3v) is 4.05. The lowest BCUT2D eigenvalue weighted by Crippen LogP contribution is -2.52. The van der Waals surface area contributed by atoms with Crippen LogP contribution in [0.25, 0.3) is 0 Å². The second kappa shape index (κ2) is 4.97. The van der Waals surface area contributed by atoms with Crippen LogP contribution >= 0.6 is 0 Å². The molecular weight excluding hydrogens is 230 g/mol. The fourth-order valence-corrected chi connectivity index (χ4v) is 3.20. The molecule has 2 atom stereocenters. The maximum atomic E-state index is 12.1. The zero-order valence-electron chi connectivity index (χ0n) is 10.7. The van der Waals surface area contributed by atoms with E-state index in [0.717, 1.165) is 25.7 Å². The van der Waals surface area contributed by atoms with Crippen molar-refractivity contribution in [2.75, 3.05) is 6.54 Å². The van der Waals surface area contributed by atoms with Crippen LogP contribution in [0.5, 0.6) is 0 Å². The van der Waals surface area contributed by atoms with Crippen LogP contribution in [0.1, 0.15) is 45.4 Å². The van der Waals surface area contributed by atoms with E-state index in [4.69, 9.17) is 5.26 Å². The Kier molecular flexibility index (Phi) is 3.55. The number of unbranched alkanes of at least 4 members (excludes halogenated alkanes) is 1. The summed E-state index contributed by atoms with van der Waals surface area (Å²) in [5.74, 6) is 0.324. The summed E-state index contributed by atoms with van der Waals surface area (Å²) in [5, 5.41) is 11.0. The number of amides is 3. The maximum Gasteiger partial charge on any atom is 0.325 e. The minimum Gasteiger partial charge on any atom is -0.310 e. The van der Waals surface area contributed by atoms with E-state index in [1.807, 2.05) is 0 Å². The smallest absolute Gasteiger partial charge is 0.310 e. The SMILES string of the molecule is CC1CCCC2(C1)C(=O)NC(=O)N2CCCC#N. The lowest BCUT2D eigenvalue weighted by atomic mass is 9.75. The number of carbonyl (C=O) groups is 2. The maximum absolute atomic E-state index is 12.1. The summed E-state index contributed by atoms with van der Waals surface area (Å²) in [6.07, 6.45) is 4.65. The lowest BCUT2D eigenvalue weighted by molar-refractivity contribution is -0.129. The van der Waals surface area contributed by atoms with Gasteiger partial charge >= 0.3 is 6.03 Å². The van der Waals surface area contributed by atoms with Crippen molar-refractivity contribution >= 4 is 11.9 Å². The number of nitrogens with zero attached hydrogens (tertiary/aromatic N) is 2. The Balaban J connectivity index is 2.16. The van der Waals surface area contributed by atoms with Crippen LogP contribution in [0, 0.1) is 17.2 Å². The monoisotopic (exact) mass is 249 g/mol. The molecule has 0 aromatic heterocycles. The number of hydrogen-bond donors (Lipinski definition) is 1. The average molecular weight is 249 g/mol. The Bertz CT molecular complexity index is 402. The molecule has 1 saturated heterocycles. The van der Waals surface area contributed by atoms with E-state index in [1.165, 1.54) is 0 Å². The predicted molar refractivity (Wildman–Crippen MR) is 65.5 cm³/mol. The molecular formula is C13H19N3O2. The number of imide groups is 1. The van der Waals surface area contributed by atoms with Gasteiger partial charge in [-0.15, -0.1) is 0 Å². The highest BCUT2D eigenvalue weighted by Gasteiger charge is 2.53. The topological polar surface area (TPSA) is 73.2 Å². The van der Waals surface area contributed by atoms with Gasteiger partial charge < -0.3 is 4.90 Å². The van der Waals surface area contributed by atoms with Crippen LogP contribution in [0.15, 0.2) is 0 Å². The van der Waals surface area contributed by atoms with E-state index in [9.17, 15) is 9.59 Å². The first-order valence-electron chi connectivity index (χ1n) is 6.60. The van der Waals surface area contributed by atoms with Gasteiger partial charge in [0.25, 0.3) is 5.91 Å². The number of nitriles is 1. The zero-order chi connectivity index (χ0) is 13.2. The van der Waals surface area contributed by atoms with Crippen LogP contribution < -0.4 is 5.32 Å². The van der Waals surface area contributed by atoms with E-state index < -0.39 is 5.54 Å². The fourth-order valence-electron chi connectivity index (χ4n) is 3.20. The Morgan fingerprint density at radius 2 is 2.33 bits per heavy atom. The standard InChI is InChI=1S/C13H19N3O2/c1-10-5-4-6-13(9-10)11(17)15-12(18)16(13)8-3-2-7-14/h10H,2-6,8-9H2,1H3,(H,15,17,18). The highest BCUT2D eigenvalue weighted by atomic mass is 16.2. The molecule has 3 amide bonds. The van der Waals surface area contributed by atoms with Crippen molar-refractivity contribution in [1.82, 2.24) is 10.2 Å². The van der Waals surface area contributed by atoms with Crippen molar-refractivity contribution in [1.29, 1.82) is 5.26 Å². The quantitative estimate of drug-likeness (QED) is 0.612. The molecule has 1 heterocycles. The van der Waals surface area contributed by atoms with Crippen molar-refractivity contribution in [3.63, 3.8) is 0 Å². The molecule has 0 bridgehead atoms. The number of nitrogens with one attached hydrogen (secondary N) is 1. The van der Waals surface area contributed by atoms with Gasteiger partial charge in [-0.3, -0.25) is 10.1 Å². The highest BCUT2D eigenvalue weighted by molar-refractivity contribution is 6.07. The minimum atomic E-state index is -0.635. The summed E-state index contributed by atoms with van der Waals surface area (Å²) in [4.78, 5) is 25.7. The predicted octanol–water partition coefficient (Wildman–Crippen LogP) is 1.79. The summed E-state index contributed by atoms with van der Waals surface area (Å²) in [6.45, 7) is 2.63. The molecule has 2 aliphatic rings. The number of rotatable bonds is 3. The molecule has 2 unspecified atom stereocenters. The zero-order valence-corrected chi connectivity index (χ0v) is 10.7. The summed E-state index contributed by atoms with van der Waals surface area (Å²) in [5.41, 5.74) is -0.635. The lowest BCUT2D eigenvalue weighted by Gasteiger charge is -2.40. The van der Waals surface area contributed by atoms with Gasteiger partial charge in [-0.2, -0.15) is 5.26 Å². The van der Waals surface area contributed by atoms with Crippen molar-refractivity contribution in [3.05, 3.63) is 0 Å². The van der Waals surface area contributed by atoms with Gasteiger partial charge in [-0.05, 0) is 25.2 Å². The van der Waals surface area contributed by atoms with Gasteiger partial charge in [0.2, 0.25) is 0 Å². The second-order valence-corrected chi connectivity index (χ2v) is 5.41. The summed E-state index contributed by atoms with van der Waals surface area (Å²) in [6, 6.07) is 1.79. The summed E-state index contributed by atoms with van der Waals surface area (Å²) >= 11 is 0. The molecule has 2 fully saturated rings. The molecule has 2 rings (SSSR count). The molecule has 1 aliphatic carbocycles. The molecule has 0 radical (unpaired) electrons. The van der Waals surface area contributed by atoms with E-state index in [-0.39, 0.29) is 11.9 Å². The molecule has 18 heavy (non-hydrogen) atoms.